The minimum Gasteiger partial charge on any atom is -0.305 e. The van der Waals surface area contributed by atoms with Crippen molar-refractivity contribution in [1.29, 1.82) is 0 Å². The number of carbonyl (C=O) groups is 4. The Labute approximate surface area is 373 Å². The van der Waals surface area contributed by atoms with Crippen molar-refractivity contribution in [2.75, 3.05) is 38.9 Å². The van der Waals surface area contributed by atoms with E-state index >= 15 is 0 Å². The molecule has 3 amide bonds. The van der Waals surface area contributed by atoms with Gasteiger partial charge in [0.15, 0.2) is 16.0 Å². The first-order chi connectivity index (χ1) is 30.5. The van der Waals surface area contributed by atoms with E-state index in [0.29, 0.717) is 22.7 Å². The predicted molar refractivity (Wildman–Crippen MR) is 219 cm³/mol. The van der Waals surface area contributed by atoms with E-state index in [4.69, 9.17) is 16.4 Å². The number of alkyl halides is 6. The van der Waals surface area contributed by atoms with Crippen molar-refractivity contribution in [2.24, 2.45) is 0 Å². The highest BCUT2D eigenvalue weighted by Gasteiger charge is 2.33. The van der Waals surface area contributed by atoms with Gasteiger partial charge in [0.2, 0.25) is 0 Å². The normalized spacial score (nSPS) is 11.1. The second-order valence-electron chi connectivity index (χ2n) is 12.3. The van der Waals surface area contributed by atoms with Crippen molar-refractivity contribution in [3.05, 3.63) is 142 Å². The molecule has 6 rings (SSSR count). The Bertz CT molecular complexity index is 2650. The summed E-state index contributed by atoms with van der Waals surface area (Å²) in [4.78, 5) is 65.6. The number of thiazole rings is 2. The number of rotatable bonds is 10. The van der Waals surface area contributed by atoms with E-state index in [-0.39, 0.29) is 36.8 Å². The van der Waals surface area contributed by atoms with Crippen molar-refractivity contribution in [3.63, 3.8) is 0 Å². The van der Waals surface area contributed by atoms with Crippen molar-refractivity contribution in [2.45, 2.75) is 12.4 Å². The maximum absolute atomic E-state index is 13.9. The molecule has 0 spiro atoms. The number of carbonyl (C=O) groups excluding carboxylic acids is 4. The van der Waals surface area contributed by atoms with Crippen molar-refractivity contribution in [1.82, 2.24) is 20.5 Å². The average Bonchev–Trinajstić information content (AvgIpc) is 3.87. The lowest BCUT2D eigenvalue weighted by Gasteiger charge is -2.13. The monoisotopic (exact) mass is 978 g/mol. The van der Waals surface area contributed by atoms with Crippen LogP contribution in [0.1, 0.15) is 52.8 Å². The van der Waals surface area contributed by atoms with Crippen LogP contribution in [0.25, 0.3) is 20.9 Å². The Balaban J connectivity index is 0.000000264. The van der Waals surface area contributed by atoms with Crippen LogP contribution in [0.15, 0.2) is 84.9 Å². The van der Waals surface area contributed by atoms with Crippen LogP contribution in [-0.2, 0) is 22.0 Å². The number of anilines is 2. The number of amides is 3. The molecule has 4 aromatic carbocycles. The van der Waals surface area contributed by atoms with Gasteiger partial charge in [-0.3, -0.25) is 34.6 Å². The maximum atomic E-state index is 13.9. The molecule has 0 saturated carbocycles. The van der Waals surface area contributed by atoms with Crippen LogP contribution in [-0.4, -0.2) is 66.3 Å². The second-order valence-corrected chi connectivity index (χ2v) is 14.7. The van der Waals surface area contributed by atoms with Crippen LogP contribution in [0.5, 0.6) is 0 Å². The highest BCUT2D eigenvalue weighted by Crippen LogP contribution is 2.39. The van der Waals surface area contributed by atoms with E-state index in [0.717, 1.165) is 77.9 Å². The number of nitrogens with zero attached hydrogens (tertiary/aromatic N) is 3. The fourth-order valence-corrected chi connectivity index (χ4v) is 7.17. The smallest absolute Gasteiger partial charge is 0.305 e. The summed E-state index contributed by atoms with van der Waals surface area (Å²) in [6, 6.07) is 13.9. The van der Waals surface area contributed by atoms with E-state index in [1.165, 1.54) is 26.3 Å². The van der Waals surface area contributed by atoms with Crippen molar-refractivity contribution < 1.29 is 72.8 Å². The summed E-state index contributed by atoms with van der Waals surface area (Å²) < 4.78 is 133. The van der Waals surface area contributed by atoms with Gasteiger partial charge in [0, 0.05) is 14.1 Å². The second kappa shape index (κ2) is 22.1. The van der Waals surface area contributed by atoms with Crippen LogP contribution in [0.3, 0.4) is 0 Å². The lowest BCUT2D eigenvalue weighted by atomic mass is 10.1. The van der Waals surface area contributed by atoms with Gasteiger partial charge >= 0.3 is 12.4 Å². The Morgan fingerprint density at radius 3 is 1.32 bits per heavy atom. The highest BCUT2D eigenvalue weighted by molar-refractivity contribution is 7.20. The Hall–Kier alpha value is -6.31. The standard InChI is InChI=1S/C20H14F5N3O3S.C18H8ClF5N2O2S.C2H7NO/c1-28(31-2)18(30)15-16(10-5-3-6-11(9-10)20(23,24)25)32-19(26-15)27-17(29)14-12(21)7-4-8-13(14)22;19-15(27)13-14(8-3-1-4-9(7-8)18(22,23)24)29-17(25-13)26-16(28)12-10(20)5-2-6-11(12)21;1-3-4-2/h3-9H,1-2H3,(H,26,27,29);1-7H,(H,25,26,28);3H,1-2H3. The third kappa shape index (κ3) is 13.1. The van der Waals surface area contributed by atoms with Gasteiger partial charge in [-0.15, -0.1) is 0 Å². The van der Waals surface area contributed by atoms with Gasteiger partial charge in [-0.05, 0) is 71.3 Å². The van der Waals surface area contributed by atoms with Crippen LogP contribution in [0.4, 0.5) is 54.2 Å². The minimum atomic E-state index is -4.63. The van der Waals surface area contributed by atoms with E-state index in [1.54, 1.807) is 14.2 Å². The molecule has 2 heterocycles. The van der Waals surface area contributed by atoms with Gasteiger partial charge in [0.05, 0.1) is 35.1 Å². The zero-order valence-corrected chi connectivity index (χ0v) is 35.7. The fourth-order valence-electron chi connectivity index (χ4n) is 5.07. The molecule has 3 N–H and O–H groups in total. The zero-order valence-electron chi connectivity index (χ0n) is 33.3. The Morgan fingerprint density at radius 2 is 0.985 bits per heavy atom. The number of nitrogens with one attached hydrogen (secondary N) is 3. The number of hydrogen-bond donors (Lipinski definition) is 3. The molecular formula is C40H29ClF10N6O6S2. The summed E-state index contributed by atoms with van der Waals surface area (Å²) in [5, 5.41) is 3.49. The first kappa shape index (κ1) is 51.3. The lowest BCUT2D eigenvalue weighted by molar-refractivity contribution is -0.138. The molecule has 25 heteroatoms. The summed E-state index contributed by atoms with van der Waals surface area (Å²) in [6.07, 6.45) is -9.25. The molecular weight excluding hydrogens is 950 g/mol. The molecule has 0 aliphatic heterocycles. The molecule has 0 aliphatic carbocycles. The molecule has 0 fully saturated rings. The fraction of sp³-hybridized carbons (Fsp3) is 0.150. The molecule has 0 saturated heterocycles. The highest BCUT2D eigenvalue weighted by atomic mass is 35.5. The Morgan fingerprint density at radius 1 is 0.631 bits per heavy atom. The molecule has 2 aromatic heterocycles. The van der Waals surface area contributed by atoms with Gasteiger partial charge < -0.3 is 4.84 Å². The number of halogens is 11. The van der Waals surface area contributed by atoms with Gasteiger partial charge in [-0.2, -0.15) is 26.3 Å². The molecule has 0 bridgehead atoms. The molecule has 0 radical (unpaired) electrons. The predicted octanol–water partition coefficient (Wildman–Crippen LogP) is 10.5. The van der Waals surface area contributed by atoms with E-state index in [1.807, 2.05) is 0 Å². The van der Waals surface area contributed by atoms with Gasteiger partial charge in [0.25, 0.3) is 23.0 Å². The van der Waals surface area contributed by atoms with E-state index < -0.39 is 86.5 Å². The molecule has 0 atom stereocenters. The molecule has 0 aliphatic rings. The number of benzene rings is 4. The molecule has 0 unspecified atom stereocenters. The topological polar surface area (TPSA) is 152 Å². The van der Waals surface area contributed by atoms with Gasteiger partial charge in [-0.25, -0.2) is 38.1 Å². The van der Waals surface area contributed by atoms with Gasteiger partial charge in [0.1, 0.15) is 40.1 Å². The lowest BCUT2D eigenvalue weighted by Crippen LogP contribution is -2.26. The quantitative estimate of drug-likeness (QED) is 0.0692. The van der Waals surface area contributed by atoms with E-state index in [2.05, 4.69) is 30.9 Å². The summed E-state index contributed by atoms with van der Waals surface area (Å²) in [6.45, 7) is 0. The molecule has 65 heavy (non-hydrogen) atoms. The van der Waals surface area contributed by atoms with Crippen LogP contribution in [0, 0.1) is 23.3 Å². The summed E-state index contributed by atoms with van der Waals surface area (Å²) in [5.41, 5.74) is -1.96. The largest absolute Gasteiger partial charge is 0.416 e. The van der Waals surface area contributed by atoms with E-state index in [9.17, 15) is 63.1 Å². The minimum absolute atomic E-state index is 0.00255. The number of hydroxylamine groups is 3. The van der Waals surface area contributed by atoms with Crippen LogP contribution < -0.4 is 16.1 Å². The molecule has 6 aromatic rings. The van der Waals surface area contributed by atoms with Gasteiger partial charge in [-0.1, -0.05) is 59.1 Å². The third-order valence-corrected chi connectivity index (χ3v) is 10.4. The molecule has 12 nitrogen and oxygen atoms in total. The number of aromatic nitrogens is 2. The maximum Gasteiger partial charge on any atom is 0.416 e. The van der Waals surface area contributed by atoms with Crippen LogP contribution in [0.2, 0.25) is 0 Å². The summed E-state index contributed by atoms with van der Waals surface area (Å²) in [7, 11) is 5.72. The average molecular weight is 979 g/mol. The van der Waals surface area contributed by atoms with Crippen molar-refractivity contribution >= 4 is 67.5 Å². The van der Waals surface area contributed by atoms with Crippen molar-refractivity contribution in [3.8, 4) is 20.9 Å². The summed E-state index contributed by atoms with van der Waals surface area (Å²) in [5.74, 6) is -7.65. The first-order valence-corrected chi connectivity index (χ1v) is 19.6. The molecule has 344 valence electrons. The first-order valence-electron chi connectivity index (χ1n) is 17.6. The zero-order chi connectivity index (χ0) is 48.4. The SMILES string of the molecule is CNOC.CON(C)C(=O)c1nc(NC(=O)c2c(F)cccc2F)sc1-c1cccc(C(F)(F)F)c1.O=C(Cl)c1nc(NC(=O)c2c(F)cccc2F)sc1-c1cccc(C(F)(F)F)c1. The summed E-state index contributed by atoms with van der Waals surface area (Å²) >= 11 is 6.75. The number of hydrogen-bond acceptors (Lipinski definition) is 11. The third-order valence-electron chi connectivity index (χ3n) is 8.13. The van der Waals surface area contributed by atoms with Crippen LogP contribution >= 0.6 is 34.3 Å². The Kier molecular flexibility index (Phi) is 17.4.